The average Bonchev–Trinajstić information content (AvgIpc) is 1.89. The fraction of sp³-hybridized carbons (Fsp3) is 1.00. The van der Waals surface area contributed by atoms with Crippen LogP contribution in [0, 0.1) is 0 Å². The first-order valence-electron chi connectivity index (χ1n) is 2.75. The fourth-order valence-electron chi connectivity index (χ4n) is 0.375. The van der Waals surface area contributed by atoms with Crippen molar-refractivity contribution >= 4 is 0 Å². The molecule has 1 atom stereocenters. The summed E-state index contributed by atoms with van der Waals surface area (Å²) in [7, 11) is 1.63. The van der Waals surface area contributed by atoms with Gasteiger partial charge in [0.2, 0.25) is 0 Å². The summed E-state index contributed by atoms with van der Waals surface area (Å²) in [5.41, 5.74) is 7.65. The summed E-state index contributed by atoms with van der Waals surface area (Å²) in [4.78, 5) is 0. The lowest BCUT2D eigenvalue weighted by Crippen LogP contribution is -2.53. The van der Waals surface area contributed by atoms with Crippen molar-refractivity contribution in [2.45, 2.75) is 6.29 Å². The highest BCUT2D eigenvalue weighted by Crippen LogP contribution is 1.63. The number of hydrogen-bond donors (Lipinski definition) is 4. The van der Waals surface area contributed by atoms with Gasteiger partial charge in [0.05, 0.1) is 6.61 Å². The van der Waals surface area contributed by atoms with E-state index < -0.39 is 0 Å². The second kappa shape index (κ2) is 5.93. The zero-order valence-electron chi connectivity index (χ0n) is 5.55. The van der Waals surface area contributed by atoms with Gasteiger partial charge in [-0.3, -0.25) is 11.2 Å². The molecular weight excluding hydrogens is 120 g/mol. The molecule has 0 bridgehead atoms. The molecule has 0 heterocycles. The molecule has 0 aliphatic heterocycles. The van der Waals surface area contributed by atoms with E-state index in [0.717, 1.165) is 0 Å². The maximum absolute atomic E-state index is 5.31. The van der Waals surface area contributed by atoms with Gasteiger partial charge < -0.3 is 10.5 Å². The molecule has 0 aromatic heterocycles. The quantitative estimate of drug-likeness (QED) is 0.150. The molecule has 9 heavy (non-hydrogen) atoms. The van der Waals surface area contributed by atoms with Gasteiger partial charge in [-0.05, 0) is 0 Å². The summed E-state index contributed by atoms with van der Waals surface area (Å²) in [6.45, 7) is 1.33. The normalized spacial score (nSPS) is 13.7. The molecule has 5 nitrogen and oxygen atoms in total. The van der Waals surface area contributed by atoms with Crippen molar-refractivity contribution in [1.29, 1.82) is 0 Å². The first-order chi connectivity index (χ1) is 4.31. The van der Waals surface area contributed by atoms with Crippen molar-refractivity contribution in [3.8, 4) is 0 Å². The van der Waals surface area contributed by atoms with Gasteiger partial charge in [-0.2, -0.15) is 0 Å². The predicted molar refractivity (Wildman–Crippen MR) is 35.2 cm³/mol. The van der Waals surface area contributed by atoms with Gasteiger partial charge in [0, 0.05) is 13.7 Å². The van der Waals surface area contributed by atoms with E-state index in [4.69, 9.17) is 16.3 Å². The maximum Gasteiger partial charge on any atom is 0.121 e. The van der Waals surface area contributed by atoms with Crippen LogP contribution in [0.3, 0.4) is 0 Å². The molecule has 0 saturated carbocycles. The minimum atomic E-state index is -0.347. The molecule has 0 aromatic carbocycles. The Bertz CT molecular complexity index is 60.5. The second-order valence-corrected chi connectivity index (χ2v) is 1.59. The van der Waals surface area contributed by atoms with E-state index in [9.17, 15) is 0 Å². The molecule has 5 heteroatoms. The van der Waals surface area contributed by atoms with Crippen LogP contribution in [0.2, 0.25) is 0 Å². The number of hydrogen-bond acceptors (Lipinski definition) is 5. The van der Waals surface area contributed by atoms with E-state index in [-0.39, 0.29) is 6.29 Å². The van der Waals surface area contributed by atoms with Crippen LogP contribution in [0.25, 0.3) is 0 Å². The number of hydrazine groups is 1. The first-order valence-corrected chi connectivity index (χ1v) is 2.75. The molecule has 0 fully saturated rings. The lowest BCUT2D eigenvalue weighted by atomic mass is 10.6. The summed E-state index contributed by atoms with van der Waals surface area (Å²) in [5.74, 6) is 4.98. The van der Waals surface area contributed by atoms with Crippen LogP contribution in [0.15, 0.2) is 0 Å². The molecule has 0 amide bonds. The van der Waals surface area contributed by atoms with Gasteiger partial charge in [-0.15, -0.1) is 0 Å². The minimum Gasteiger partial charge on any atom is -0.383 e. The van der Waals surface area contributed by atoms with E-state index >= 15 is 0 Å². The molecule has 0 spiro atoms. The number of ether oxygens (including phenoxy) is 1. The SMILES string of the molecule is COCCNC(N)NN. The Labute approximate surface area is 54.7 Å². The number of nitrogens with one attached hydrogen (secondary N) is 2. The number of nitrogens with two attached hydrogens (primary N) is 2. The van der Waals surface area contributed by atoms with Gasteiger partial charge in [0.15, 0.2) is 0 Å². The molecular formula is C4H14N4O. The van der Waals surface area contributed by atoms with Crippen LogP contribution in [-0.2, 0) is 4.74 Å². The van der Waals surface area contributed by atoms with Crippen LogP contribution in [0.4, 0.5) is 0 Å². The van der Waals surface area contributed by atoms with E-state index in [0.29, 0.717) is 13.2 Å². The van der Waals surface area contributed by atoms with Gasteiger partial charge in [0.25, 0.3) is 0 Å². The summed E-state index contributed by atoms with van der Waals surface area (Å²) >= 11 is 0. The largest absolute Gasteiger partial charge is 0.383 e. The lowest BCUT2D eigenvalue weighted by Gasteiger charge is -2.10. The zero-order chi connectivity index (χ0) is 7.11. The summed E-state index contributed by atoms with van der Waals surface area (Å²) in [5, 5.41) is 2.85. The van der Waals surface area contributed by atoms with Gasteiger partial charge in [-0.25, -0.2) is 5.43 Å². The highest BCUT2D eigenvalue weighted by Gasteiger charge is 1.92. The third-order valence-electron chi connectivity index (χ3n) is 0.850. The smallest absolute Gasteiger partial charge is 0.121 e. The average molecular weight is 134 g/mol. The van der Waals surface area contributed by atoms with E-state index in [2.05, 4.69) is 10.7 Å². The predicted octanol–water partition coefficient (Wildman–Crippen LogP) is -2.07. The van der Waals surface area contributed by atoms with E-state index in [1.807, 2.05) is 0 Å². The standard InChI is InChI=1S/C4H14N4O/c1-9-3-2-7-4(5)8-6/h4,7-8H,2-3,5-6H2,1H3. The fourth-order valence-corrected chi connectivity index (χ4v) is 0.375. The van der Waals surface area contributed by atoms with Crippen molar-refractivity contribution in [2.75, 3.05) is 20.3 Å². The Morgan fingerprint density at radius 1 is 1.67 bits per heavy atom. The topological polar surface area (TPSA) is 85.3 Å². The second-order valence-electron chi connectivity index (χ2n) is 1.59. The third-order valence-corrected chi connectivity index (χ3v) is 0.850. The number of rotatable bonds is 5. The Morgan fingerprint density at radius 2 is 2.33 bits per heavy atom. The summed E-state index contributed by atoms with van der Waals surface area (Å²) < 4.78 is 4.75. The number of methoxy groups -OCH3 is 1. The Kier molecular flexibility index (Phi) is 5.80. The van der Waals surface area contributed by atoms with Crippen molar-refractivity contribution in [3.05, 3.63) is 0 Å². The van der Waals surface area contributed by atoms with Gasteiger partial charge in [0.1, 0.15) is 6.29 Å². The van der Waals surface area contributed by atoms with Gasteiger partial charge >= 0.3 is 0 Å². The monoisotopic (exact) mass is 134 g/mol. The Morgan fingerprint density at radius 3 is 2.78 bits per heavy atom. The molecule has 0 saturated heterocycles. The zero-order valence-corrected chi connectivity index (χ0v) is 5.55. The van der Waals surface area contributed by atoms with Crippen LogP contribution >= 0.6 is 0 Å². The van der Waals surface area contributed by atoms with Crippen LogP contribution < -0.4 is 22.3 Å². The van der Waals surface area contributed by atoms with E-state index in [1.54, 1.807) is 7.11 Å². The molecule has 0 aromatic rings. The highest BCUT2D eigenvalue weighted by molar-refractivity contribution is 4.49. The molecule has 56 valence electrons. The Balaban J connectivity index is 2.88. The molecule has 0 radical (unpaired) electrons. The minimum absolute atomic E-state index is 0.347. The van der Waals surface area contributed by atoms with Crippen molar-refractivity contribution in [1.82, 2.24) is 10.7 Å². The molecule has 0 rings (SSSR count). The lowest BCUT2D eigenvalue weighted by molar-refractivity contribution is 0.193. The first kappa shape index (κ1) is 8.80. The Hall–Kier alpha value is -0.200. The van der Waals surface area contributed by atoms with Crippen molar-refractivity contribution in [3.63, 3.8) is 0 Å². The molecule has 0 aliphatic carbocycles. The van der Waals surface area contributed by atoms with Crippen molar-refractivity contribution < 1.29 is 4.74 Å². The van der Waals surface area contributed by atoms with Crippen LogP contribution in [-0.4, -0.2) is 26.6 Å². The van der Waals surface area contributed by atoms with Crippen LogP contribution in [0.5, 0.6) is 0 Å². The molecule has 0 aliphatic rings. The third kappa shape index (κ3) is 5.67. The van der Waals surface area contributed by atoms with E-state index in [1.165, 1.54) is 0 Å². The summed E-state index contributed by atoms with van der Waals surface area (Å²) in [6, 6.07) is 0. The van der Waals surface area contributed by atoms with Crippen molar-refractivity contribution in [2.24, 2.45) is 11.6 Å². The molecule has 6 N–H and O–H groups in total. The molecule has 1 unspecified atom stereocenters. The summed E-state index contributed by atoms with van der Waals surface area (Å²) in [6.07, 6.45) is -0.347. The highest BCUT2D eigenvalue weighted by atomic mass is 16.5. The maximum atomic E-state index is 5.31. The van der Waals surface area contributed by atoms with Gasteiger partial charge in [-0.1, -0.05) is 0 Å². The van der Waals surface area contributed by atoms with Crippen LogP contribution in [0.1, 0.15) is 0 Å².